The molecule has 2 aromatic heterocycles. The van der Waals surface area contributed by atoms with E-state index in [1.165, 1.54) is 13.2 Å². The number of nitrogens with zero attached hydrogens (tertiary/aromatic N) is 3. The van der Waals surface area contributed by atoms with Crippen molar-refractivity contribution in [2.24, 2.45) is 5.73 Å². The number of fused-ring (bicyclic) bond motifs is 1. The number of esters is 1. The summed E-state index contributed by atoms with van der Waals surface area (Å²) in [5.41, 5.74) is 15.9. The number of carbonyl (C=O) groups excluding carboxylic acids is 1. The number of hydrogen-bond acceptors (Lipinski definition) is 8. The summed E-state index contributed by atoms with van der Waals surface area (Å²) >= 11 is 0. The largest absolute Gasteiger partial charge is 0.505 e. The monoisotopic (exact) mass is 479 g/mol. The van der Waals surface area contributed by atoms with Crippen LogP contribution in [-0.2, 0) is 11.3 Å². The van der Waals surface area contributed by atoms with Gasteiger partial charge < -0.3 is 26.0 Å². The number of phenolic OH excluding ortho intramolecular Hbond substituents is 1. The van der Waals surface area contributed by atoms with Crippen molar-refractivity contribution >= 4 is 22.8 Å². The Morgan fingerprint density at radius 2 is 1.86 bits per heavy atom. The molecule has 4 aromatic rings. The van der Waals surface area contributed by atoms with Gasteiger partial charge in [-0.25, -0.2) is 19.2 Å². The molecule has 10 heteroatoms. The van der Waals surface area contributed by atoms with Crippen LogP contribution in [0.1, 0.15) is 32.9 Å². The first-order chi connectivity index (χ1) is 16.7. The Labute approximate surface area is 201 Å². The van der Waals surface area contributed by atoms with E-state index in [0.717, 1.165) is 17.2 Å². The van der Waals surface area contributed by atoms with Crippen molar-refractivity contribution in [3.05, 3.63) is 58.2 Å². The minimum atomic E-state index is -0.816. The van der Waals surface area contributed by atoms with Crippen LogP contribution in [-0.4, -0.2) is 39.8 Å². The molecule has 9 nitrogen and oxygen atoms in total. The SMILES string of the molecule is COC(=O)c1c(N)n(-c2c(C)ccc(OC)c2C)c2nc(C)nc(-c3ccc(F)c(O)c3CN)c12. The van der Waals surface area contributed by atoms with Crippen LogP contribution in [0.15, 0.2) is 24.3 Å². The van der Waals surface area contributed by atoms with Gasteiger partial charge in [-0.15, -0.1) is 0 Å². The molecule has 0 bridgehead atoms. The number of ether oxygens (including phenoxy) is 2. The fourth-order valence-corrected chi connectivity index (χ4v) is 4.45. The molecule has 35 heavy (non-hydrogen) atoms. The van der Waals surface area contributed by atoms with E-state index in [9.17, 15) is 14.3 Å². The van der Waals surface area contributed by atoms with Crippen molar-refractivity contribution in [2.75, 3.05) is 20.0 Å². The van der Waals surface area contributed by atoms with Crippen molar-refractivity contribution in [1.29, 1.82) is 0 Å². The van der Waals surface area contributed by atoms with Gasteiger partial charge in [-0.3, -0.25) is 4.57 Å². The molecule has 0 aliphatic heterocycles. The van der Waals surface area contributed by atoms with Crippen LogP contribution in [0.25, 0.3) is 28.0 Å². The molecule has 0 saturated heterocycles. The molecule has 2 aromatic carbocycles. The highest BCUT2D eigenvalue weighted by atomic mass is 19.1. The van der Waals surface area contributed by atoms with E-state index in [1.807, 2.05) is 26.0 Å². The average Bonchev–Trinajstić information content (AvgIpc) is 3.11. The molecule has 0 radical (unpaired) electrons. The van der Waals surface area contributed by atoms with Gasteiger partial charge in [0.15, 0.2) is 17.2 Å². The number of rotatable bonds is 5. The molecule has 0 aliphatic carbocycles. The van der Waals surface area contributed by atoms with Gasteiger partial charge in [0.1, 0.15) is 23.0 Å². The van der Waals surface area contributed by atoms with Crippen LogP contribution in [0, 0.1) is 26.6 Å². The van der Waals surface area contributed by atoms with Crippen molar-refractivity contribution in [1.82, 2.24) is 14.5 Å². The summed E-state index contributed by atoms with van der Waals surface area (Å²) in [6.45, 7) is 5.31. The molecule has 0 fully saturated rings. The first kappa shape index (κ1) is 24.0. The maximum absolute atomic E-state index is 14.1. The summed E-state index contributed by atoms with van der Waals surface area (Å²) in [5, 5.41) is 10.6. The maximum atomic E-state index is 14.1. The molecule has 0 unspecified atom stereocenters. The summed E-state index contributed by atoms with van der Waals surface area (Å²) in [7, 11) is 2.81. The molecular formula is C25H26FN5O4. The fourth-order valence-electron chi connectivity index (χ4n) is 4.45. The third-order valence-electron chi connectivity index (χ3n) is 6.07. The van der Waals surface area contributed by atoms with Crippen LogP contribution < -0.4 is 16.2 Å². The van der Waals surface area contributed by atoms with E-state index in [0.29, 0.717) is 33.9 Å². The van der Waals surface area contributed by atoms with E-state index in [2.05, 4.69) is 9.97 Å². The molecule has 0 aliphatic rings. The Balaban J connectivity index is 2.24. The Kier molecular flexibility index (Phi) is 6.08. The highest BCUT2D eigenvalue weighted by Gasteiger charge is 2.30. The van der Waals surface area contributed by atoms with Gasteiger partial charge in [-0.2, -0.15) is 0 Å². The van der Waals surface area contributed by atoms with Crippen LogP contribution in [0.5, 0.6) is 11.5 Å². The number of aryl methyl sites for hydroxylation is 2. The second-order valence-corrected chi connectivity index (χ2v) is 8.09. The number of nitrogens with two attached hydrogens (primary N) is 2. The normalized spacial score (nSPS) is 11.2. The van der Waals surface area contributed by atoms with Crippen LogP contribution in [0.4, 0.5) is 10.2 Å². The number of aromatic hydroxyl groups is 1. The predicted octanol–water partition coefficient (Wildman–Crippen LogP) is 3.69. The number of carbonyl (C=O) groups is 1. The number of methoxy groups -OCH3 is 2. The second kappa shape index (κ2) is 8.88. The van der Waals surface area contributed by atoms with Gasteiger partial charge in [0.2, 0.25) is 0 Å². The number of nitrogen functional groups attached to an aromatic ring is 1. The summed E-state index contributed by atoms with van der Waals surface area (Å²) in [6.07, 6.45) is 0. The van der Waals surface area contributed by atoms with Crippen LogP contribution in [0.3, 0.4) is 0 Å². The molecule has 4 rings (SSSR count). The van der Waals surface area contributed by atoms with Crippen LogP contribution in [0.2, 0.25) is 0 Å². The Bertz CT molecular complexity index is 1500. The lowest BCUT2D eigenvalue weighted by Crippen LogP contribution is -2.09. The summed E-state index contributed by atoms with van der Waals surface area (Å²) in [5.74, 6) is -1.00. The molecule has 0 saturated carbocycles. The maximum Gasteiger partial charge on any atom is 0.342 e. The molecule has 5 N–H and O–H groups in total. The van der Waals surface area contributed by atoms with E-state index < -0.39 is 17.5 Å². The standard InChI is InChI=1S/C25H26FN5O4/c1-11-6-9-17(34-4)12(2)21(11)31-23(28)19(25(33)35-5)18-20(29-13(3)30-24(18)31)14-7-8-16(26)22(32)15(14)10-27/h6-9,32H,10,27-28H2,1-5H3. The predicted molar refractivity (Wildman–Crippen MR) is 130 cm³/mol. The number of hydrogen-bond donors (Lipinski definition) is 3. The molecular weight excluding hydrogens is 453 g/mol. The zero-order valence-corrected chi connectivity index (χ0v) is 20.1. The summed E-state index contributed by atoms with van der Waals surface area (Å²) in [6, 6.07) is 6.29. The summed E-state index contributed by atoms with van der Waals surface area (Å²) < 4.78 is 26.3. The zero-order valence-electron chi connectivity index (χ0n) is 20.1. The van der Waals surface area contributed by atoms with Gasteiger partial charge >= 0.3 is 5.97 Å². The van der Waals surface area contributed by atoms with Gasteiger partial charge in [-0.05, 0) is 44.5 Å². The topological polar surface area (TPSA) is 139 Å². The minimum absolute atomic E-state index is 0.0471. The van der Waals surface area contributed by atoms with Crippen molar-refractivity contribution < 1.29 is 23.8 Å². The molecule has 0 spiro atoms. The smallest absolute Gasteiger partial charge is 0.342 e. The third kappa shape index (κ3) is 3.62. The highest BCUT2D eigenvalue weighted by molar-refractivity contribution is 6.13. The zero-order chi connectivity index (χ0) is 25.6. The van der Waals surface area contributed by atoms with E-state index in [4.69, 9.17) is 20.9 Å². The van der Waals surface area contributed by atoms with Gasteiger partial charge in [0.25, 0.3) is 0 Å². The number of aromatic nitrogens is 3. The first-order valence-corrected chi connectivity index (χ1v) is 10.8. The van der Waals surface area contributed by atoms with E-state index in [-0.39, 0.29) is 29.2 Å². The molecule has 182 valence electrons. The quantitative estimate of drug-likeness (QED) is 0.368. The molecule has 0 amide bonds. The van der Waals surface area contributed by atoms with Gasteiger partial charge in [-0.1, -0.05) is 6.07 Å². The lowest BCUT2D eigenvalue weighted by molar-refractivity contribution is 0.0604. The van der Waals surface area contributed by atoms with Crippen molar-refractivity contribution in [3.8, 4) is 28.4 Å². The van der Waals surface area contributed by atoms with E-state index in [1.54, 1.807) is 18.6 Å². The summed E-state index contributed by atoms with van der Waals surface area (Å²) in [4.78, 5) is 22.2. The number of halogens is 1. The highest BCUT2D eigenvalue weighted by Crippen LogP contribution is 2.41. The minimum Gasteiger partial charge on any atom is -0.505 e. The third-order valence-corrected chi connectivity index (χ3v) is 6.07. The lowest BCUT2D eigenvalue weighted by Gasteiger charge is -2.17. The average molecular weight is 480 g/mol. The number of phenols is 1. The van der Waals surface area contributed by atoms with Crippen LogP contribution >= 0.6 is 0 Å². The van der Waals surface area contributed by atoms with E-state index >= 15 is 0 Å². The number of anilines is 1. The van der Waals surface area contributed by atoms with Gasteiger partial charge in [0, 0.05) is 23.2 Å². The van der Waals surface area contributed by atoms with Gasteiger partial charge in [0.05, 0.1) is 31.0 Å². The Morgan fingerprint density at radius 1 is 1.14 bits per heavy atom. The Morgan fingerprint density at radius 3 is 2.49 bits per heavy atom. The Hall–Kier alpha value is -4.18. The number of benzene rings is 2. The molecule has 0 atom stereocenters. The van der Waals surface area contributed by atoms with Crippen molar-refractivity contribution in [2.45, 2.75) is 27.3 Å². The molecule has 2 heterocycles. The van der Waals surface area contributed by atoms with Crippen molar-refractivity contribution in [3.63, 3.8) is 0 Å². The first-order valence-electron chi connectivity index (χ1n) is 10.8. The lowest BCUT2D eigenvalue weighted by atomic mass is 9.99. The second-order valence-electron chi connectivity index (χ2n) is 8.09. The fraction of sp³-hybridized carbons (Fsp3) is 0.240.